The number of benzene rings is 1. The number of hydrogen-bond acceptors (Lipinski definition) is 4. The molecule has 0 spiro atoms. The number of hydrogen-bond donors (Lipinski definition) is 1. The van der Waals surface area contributed by atoms with Crippen LogP contribution < -0.4 is 5.32 Å². The first kappa shape index (κ1) is 20.6. The number of likely N-dealkylation sites (tertiary alicyclic amines) is 1. The van der Waals surface area contributed by atoms with Gasteiger partial charge in [0, 0.05) is 38.2 Å². The lowest BCUT2D eigenvalue weighted by Gasteiger charge is -2.35. The smallest absolute Gasteiger partial charge is 0.220 e. The van der Waals surface area contributed by atoms with Crippen LogP contribution in [0.25, 0.3) is 0 Å². The maximum absolute atomic E-state index is 12.3. The minimum atomic E-state index is 0.0648. The van der Waals surface area contributed by atoms with Crippen LogP contribution in [0.3, 0.4) is 0 Å². The van der Waals surface area contributed by atoms with E-state index in [1.807, 2.05) is 13.8 Å². The van der Waals surface area contributed by atoms with E-state index in [2.05, 4.69) is 53.5 Å². The highest BCUT2D eigenvalue weighted by Gasteiger charge is 2.22. The summed E-state index contributed by atoms with van der Waals surface area (Å²) in [5.41, 5.74) is 4.44. The highest BCUT2D eigenvalue weighted by atomic mass is 16.5. The molecule has 1 aliphatic heterocycles. The SMILES string of the molecule is Cc1noc(C)c1CCC(=O)NCc1ccccc1CN1C[C@H](C)C[C@@H](C)C1. The van der Waals surface area contributed by atoms with Crippen LogP contribution in [0, 0.1) is 25.7 Å². The van der Waals surface area contributed by atoms with Gasteiger partial charge in [-0.2, -0.15) is 0 Å². The Balaban J connectivity index is 1.54. The molecule has 1 saturated heterocycles. The van der Waals surface area contributed by atoms with Crippen molar-refractivity contribution < 1.29 is 9.32 Å². The molecule has 0 unspecified atom stereocenters. The minimum absolute atomic E-state index is 0.0648. The molecule has 152 valence electrons. The van der Waals surface area contributed by atoms with Gasteiger partial charge >= 0.3 is 0 Å². The van der Waals surface area contributed by atoms with Gasteiger partial charge in [-0.25, -0.2) is 0 Å². The third kappa shape index (κ3) is 5.44. The van der Waals surface area contributed by atoms with Crippen LogP contribution in [0.1, 0.15) is 54.8 Å². The predicted octanol–water partition coefficient (Wildman–Crippen LogP) is 4.02. The van der Waals surface area contributed by atoms with Gasteiger partial charge in [0.05, 0.1) is 5.69 Å². The minimum Gasteiger partial charge on any atom is -0.361 e. The fraction of sp³-hybridized carbons (Fsp3) is 0.565. The molecule has 5 heteroatoms. The molecular weight excluding hydrogens is 350 g/mol. The quantitative estimate of drug-likeness (QED) is 0.785. The average Bonchev–Trinajstić information content (AvgIpc) is 2.96. The summed E-state index contributed by atoms with van der Waals surface area (Å²) < 4.78 is 5.17. The average molecular weight is 384 g/mol. The molecule has 0 aliphatic carbocycles. The van der Waals surface area contributed by atoms with Crippen molar-refractivity contribution in [3.8, 4) is 0 Å². The molecule has 2 heterocycles. The van der Waals surface area contributed by atoms with Gasteiger partial charge in [-0.15, -0.1) is 0 Å². The number of piperidine rings is 1. The maximum atomic E-state index is 12.3. The zero-order valence-electron chi connectivity index (χ0n) is 17.6. The van der Waals surface area contributed by atoms with Crippen molar-refractivity contribution in [1.82, 2.24) is 15.4 Å². The molecule has 1 aromatic carbocycles. The second-order valence-corrected chi connectivity index (χ2v) is 8.49. The Morgan fingerprint density at radius 2 is 1.86 bits per heavy atom. The predicted molar refractivity (Wildman–Crippen MR) is 111 cm³/mol. The van der Waals surface area contributed by atoms with Crippen molar-refractivity contribution in [3.05, 3.63) is 52.4 Å². The van der Waals surface area contributed by atoms with Crippen LogP contribution in [0.2, 0.25) is 0 Å². The molecular formula is C23H33N3O2. The van der Waals surface area contributed by atoms with E-state index < -0.39 is 0 Å². The molecule has 2 atom stereocenters. The molecule has 1 fully saturated rings. The van der Waals surface area contributed by atoms with Crippen molar-refractivity contribution in [3.63, 3.8) is 0 Å². The van der Waals surface area contributed by atoms with Gasteiger partial charge in [0.15, 0.2) is 0 Å². The number of aromatic nitrogens is 1. The van der Waals surface area contributed by atoms with Crippen LogP contribution in [0.4, 0.5) is 0 Å². The molecule has 1 amide bonds. The van der Waals surface area contributed by atoms with Crippen molar-refractivity contribution in [2.24, 2.45) is 11.8 Å². The number of nitrogens with one attached hydrogen (secondary N) is 1. The number of rotatable bonds is 7. The Morgan fingerprint density at radius 3 is 2.50 bits per heavy atom. The Morgan fingerprint density at radius 1 is 1.18 bits per heavy atom. The summed E-state index contributed by atoms with van der Waals surface area (Å²) >= 11 is 0. The Hall–Kier alpha value is -2.14. The van der Waals surface area contributed by atoms with Gasteiger partial charge in [0.1, 0.15) is 5.76 Å². The summed E-state index contributed by atoms with van der Waals surface area (Å²) in [5.74, 6) is 2.37. The van der Waals surface area contributed by atoms with E-state index in [1.165, 1.54) is 17.5 Å². The van der Waals surface area contributed by atoms with Gasteiger partial charge in [0.25, 0.3) is 0 Å². The molecule has 1 aromatic heterocycles. The zero-order valence-corrected chi connectivity index (χ0v) is 17.6. The lowest BCUT2D eigenvalue weighted by atomic mass is 9.91. The fourth-order valence-corrected chi connectivity index (χ4v) is 4.43. The summed E-state index contributed by atoms with van der Waals surface area (Å²) in [6.07, 6.45) is 2.43. The van der Waals surface area contributed by atoms with Gasteiger partial charge < -0.3 is 9.84 Å². The summed E-state index contributed by atoms with van der Waals surface area (Å²) in [4.78, 5) is 14.9. The van der Waals surface area contributed by atoms with E-state index in [4.69, 9.17) is 4.52 Å². The Labute approximate surface area is 168 Å². The van der Waals surface area contributed by atoms with Crippen molar-refractivity contribution >= 4 is 5.91 Å². The highest BCUT2D eigenvalue weighted by Crippen LogP contribution is 2.23. The summed E-state index contributed by atoms with van der Waals surface area (Å²) in [7, 11) is 0. The second-order valence-electron chi connectivity index (χ2n) is 8.49. The van der Waals surface area contributed by atoms with E-state index in [1.54, 1.807) is 0 Å². The topological polar surface area (TPSA) is 58.4 Å². The van der Waals surface area contributed by atoms with Crippen LogP contribution in [-0.4, -0.2) is 29.1 Å². The van der Waals surface area contributed by atoms with E-state index in [9.17, 15) is 4.79 Å². The maximum Gasteiger partial charge on any atom is 0.220 e. The molecule has 28 heavy (non-hydrogen) atoms. The Bertz CT molecular complexity index is 769. The van der Waals surface area contributed by atoms with E-state index in [0.717, 1.165) is 48.5 Å². The van der Waals surface area contributed by atoms with Crippen LogP contribution in [-0.2, 0) is 24.3 Å². The third-order valence-electron chi connectivity index (χ3n) is 5.72. The lowest BCUT2D eigenvalue weighted by molar-refractivity contribution is -0.121. The number of aryl methyl sites for hydroxylation is 2. The molecule has 5 nitrogen and oxygen atoms in total. The van der Waals surface area contributed by atoms with Crippen LogP contribution >= 0.6 is 0 Å². The molecule has 0 bridgehead atoms. The van der Waals surface area contributed by atoms with Crippen molar-refractivity contribution in [2.75, 3.05) is 13.1 Å². The van der Waals surface area contributed by atoms with E-state index in [-0.39, 0.29) is 5.91 Å². The number of amides is 1. The molecule has 3 rings (SSSR count). The molecule has 2 aromatic rings. The second kappa shape index (κ2) is 9.37. The first-order valence-corrected chi connectivity index (χ1v) is 10.4. The van der Waals surface area contributed by atoms with Gasteiger partial charge in [-0.05, 0) is 49.7 Å². The van der Waals surface area contributed by atoms with Crippen molar-refractivity contribution in [2.45, 2.75) is 60.0 Å². The Kier molecular flexibility index (Phi) is 6.89. The normalized spacial score (nSPS) is 20.3. The molecule has 1 N–H and O–H groups in total. The van der Waals surface area contributed by atoms with Gasteiger partial charge in [-0.1, -0.05) is 43.3 Å². The monoisotopic (exact) mass is 383 g/mol. The first-order valence-electron chi connectivity index (χ1n) is 10.4. The molecule has 0 radical (unpaired) electrons. The van der Waals surface area contributed by atoms with Crippen LogP contribution in [0.5, 0.6) is 0 Å². The summed E-state index contributed by atoms with van der Waals surface area (Å²) in [5, 5.41) is 7.04. The molecule has 0 saturated carbocycles. The van der Waals surface area contributed by atoms with Gasteiger partial charge in [-0.3, -0.25) is 9.69 Å². The highest BCUT2D eigenvalue weighted by molar-refractivity contribution is 5.76. The standard InChI is InChI=1S/C23H33N3O2/c1-16-11-17(2)14-26(13-16)15-21-8-6-5-7-20(21)12-24-23(27)10-9-22-18(3)25-28-19(22)4/h5-8,16-17H,9-15H2,1-4H3,(H,24,27)/t16-,17-/m1/s1. The third-order valence-corrected chi connectivity index (χ3v) is 5.72. The first-order chi connectivity index (χ1) is 13.4. The van der Waals surface area contributed by atoms with E-state index >= 15 is 0 Å². The summed E-state index contributed by atoms with van der Waals surface area (Å²) in [6, 6.07) is 8.46. The largest absolute Gasteiger partial charge is 0.361 e. The summed E-state index contributed by atoms with van der Waals surface area (Å²) in [6.45, 7) is 12.3. The lowest BCUT2D eigenvalue weighted by Crippen LogP contribution is -2.38. The van der Waals surface area contributed by atoms with Gasteiger partial charge in [0.2, 0.25) is 5.91 Å². The molecule has 1 aliphatic rings. The number of carbonyl (C=O) groups excluding carboxylic acids is 1. The van der Waals surface area contributed by atoms with E-state index in [0.29, 0.717) is 19.4 Å². The van der Waals surface area contributed by atoms with Crippen molar-refractivity contribution in [1.29, 1.82) is 0 Å². The zero-order chi connectivity index (χ0) is 20.1. The number of carbonyl (C=O) groups is 1. The number of nitrogens with zero attached hydrogens (tertiary/aromatic N) is 2. The van der Waals surface area contributed by atoms with Crippen LogP contribution in [0.15, 0.2) is 28.8 Å². The fourth-order valence-electron chi connectivity index (χ4n) is 4.43.